The summed E-state index contributed by atoms with van der Waals surface area (Å²) in [4.78, 5) is 16.1. The number of imidazole rings is 1. The van der Waals surface area contributed by atoms with E-state index in [4.69, 9.17) is 0 Å². The Bertz CT molecular complexity index is 1010. The first-order valence-corrected chi connectivity index (χ1v) is 8.43. The maximum atomic E-state index is 14.1. The Hall–Kier alpha value is -3.28. The van der Waals surface area contributed by atoms with Crippen molar-refractivity contribution in [3.8, 4) is 0 Å². The highest BCUT2D eigenvalue weighted by atomic mass is 19.1. The number of aromatic nitrogens is 2. The first kappa shape index (κ1) is 18.5. The topological polar surface area (TPSA) is 46.9 Å². The average Bonchev–Trinajstić information content (AvgIpc) is 3.07. The summed E-state index contributed by atoms with van der Waals surface area (Å²) in [5.41, 5.74) is 2.36. The maximum absolute atomic E-state index is 14.1. The van der Waals surface area contributed by atoms with E-state index < -0.39 is 11.6 Å². The minimum atomic E-state index is -0.613. The van der Waals surface area contributed by atoms with E-state index in [0.717, 1.165) is 11.1 Å². The molecule has 1 aromatic heterocycles. The summed E-state index contributed by atoms with van der Waals surface area (Å²) in [5.74, 6) is -1.22. The fourth-order valence-corrected chi connectivity index (χ4v) is 2.67. The average molecular weight is 367 g/mol. The standard InChI is InChI=1S/C21H19F2N3O/c1-14-4-3-5-16(10-14)7-9-20(27)25-19-12-26(13-24-19)11-17-18(22)8-6-15(2)21(17)23/h3-10,12-13H,11H2,1-2H3,(H,25,27)/b9-7+. The van der Waals surface area contributed by atoms with Gasteiger partial charge in [0.2, 0.25) is 5.91 Å². The van der Waals surface area contributed by atoms with Crippen molar-refractivity contribution in [2.75, 3.05) is 5.32 Å². The quantitative estimate of drug-likeness (QED) is 0.676. The van der Waals surface area contributed by atoms with Crippen LogP contribution < -0.4 is 5.32 Å². The third-order valence-electron chi connectivity index (χ3n) is 4.07. The molecule has 1 heterocycles. The Kier molecular flexibility index (Phi) is 5.45. The second-order valence-electron chi connectivity index (χ2n) is 6.32. The van der Waals surface area contributed by atoms with Gasteiger partial charge in [0.15, 0.2) is 5.82 Å². The zero-order valence-electron chi connectivity index (χ0n) is 15.0. The molecule has 2 aromatic carbocycles. The van der Waals surface area contributed by atoms with Crippen LogP contribution in [0.4, 0.5) is 14.6 Å². The van der Waals surface area contributed by atoms with Gasteiger partial charge in [-0.3, -0.25) is 4.79 Å². The molecule has 1 amide bonds. The van der Waals surface area contributed by atoms with E-state index in [1.165, 1.54) is 35.3 Å². The summed E-state index contributed by atoms with van der Waals surface area (Å²) in [6, 6.07) is 10.4. The molecule has 0 atom stereocenters. The minimum Gasteiger partial charge on any atom is -0.331 e. The summed E-state index contributed by atoms with van der Waals surface area (Å²) in [6.45, 7) is 3.55. The monoisotopic (exact) mass is 367 g/mol. The SMILES string of the molecule is Cc1cccc(/C=C/C(=O)Nc2cn(Cc3c(F)ccc(C)c3F)cn2)c1. The lowest BCUT2D eigenvalue weighted by molar-refractivity contribution is -0.111. The van der Waals surface area contributed by atoms with Gasteiger partial charge < -0.3 is 9.88 Å². The van der Waals surface area contributed by atoms with Crippen molar-refractivity contribution < 1.29 is 13.6 Å². The number of carbonyl (C=O) groups excluding carboxylic acids is 1. The third kappa shape index (κ3) is 4.67. The first-order chi connectivity index (χ1) is 12.9. The van der Waals surface area contributed by atoms with Gasteiger partial charge in [0, 0.05) is 17.8 Å². The lowest BCUT2D eigenvalue weighted by Crippen LogP contribution is -2.08. The molecule has 0 bridgehead atoms. The Labute approximate surface area is 156 Å². The molecule has 0 unspecified atom stereocenters. The van der Waals surface area contributed by atoms with Crippen molar-refractivity contribution >= 4 is 17.8 Å². The normalized spacial score (nSPS) is 11.1. The van der Waals surface area contributed by atoms with Gasteiger partial charge in [0.05, 0.1) is 12.9 Å². The van der Waals surface area contributed by atoms with Crippen molar-refractivity contribution in [1.29, 1.82) is 0 Å². The predicted octanol–water partition coefficient (Wildman–Crippen LogP) is 4.48. The maximum Gasteiger partial charge on any atom is 0.249 e. The number of anilines is 1. The molecule has 0 aliphatic heterocycles. The Balaban J connectivity index is 1.66. The lowest BCUT2D eigenvalue weighted by Gasteiger charge is -2.07. The van der Waals surface area contributed by atoms with E-state index in [2.05, 4.69) is 10.3 Å². The smallest absolute Gasteiger partial charge is 0.249 e. The molecule has 0 radical (unpaired) electrons. The summed E-state index contributed by atoms with van der Waals surface area (Å²) in [5, 5.41) is 2.63. The van der Waals surface area contributed by atoms with Gasteiger partial charge in [-0.15, -0.1) is 0 Å². The molecular weight excluding hydrogens is 348 g/mol. The van der Waals surface area contributed by atoms with Crippen LogP contribution in [0.1, 0.15) is 22.3 Å². The fourth-order valence-electron chi connectivity index (χ4n) is 2.67. The summed E-state index contributed by atoms with van der Waals surface area (Å²) >= 11 is 0. The number of rotatable bonds is 5. The van der Waals surface area contributed by atoms with E-state index in [0.29, 0.717) is 11.4 Å². The molecule has 1 N–H and O–H groups in total. The molecule has 27 heavy (non-hydrogen) atoms. The van der Waals surface area contributed by atoms with Crippen molar-refractivity contribution in [3.63, 3.8) is 0 Å². The second-order valence-corrected chi connectivity index (χ2v) is 6.32. The molecule has 0 aliphatic carbocycles. The zero-order valence-corrected chi connectivity index (χ0v) is 15.0. The summed E-state index contributed by atoms with van der Waals surface area (Å²) in [6.07, 6.45) is 6.06. The van der Waals surface area contributed by atoms with Crippen molar-refractivity contribution in [2.24, 2.45) is 0 Å². The molecule has 3 rings (SSSR count). The number of amides is 1. The van der Waals surface area contributed by atoms with Gasteiger partial charge in [-0.25, -0.2) is 13.8 Å². The summed E-state index contributed by atoms with van der Waals surface area (Å²) in [7, 11) is 0. The highest BCUT2D eigenvalue weighted by molar-refractivity contribution is 6.01. The number of halogens is 2. The molecule has 0 saturated carbocycles. The molecular formula is C21H19F2N3O. The molecule has 0 aliphatic rings. The van der Waals surface area contributed by atoms with Crippen LogP contribution in [0.25, 0.3) is 6.08 Å². The Morgan fingerprint density at radius 3 is 2.81 bits per heavy atom. The van der Waals surface area contributed by atoms with Crippen LogP contribution >= 0.6 is 0 Å². The predicted molar refractivity (Wildman–Crippen MR) is 101 cm³/mol. The van der Waals surface area contributed by atoms with Gasteiger partial charge in [-0.05, 0) is 37.1 Å². The van der Waals surface area contributed by atoms with Crippen molar-refractivity contribution in [2.45, 2.75) is 20.4 Å². The van der Waals surface area contributed by atoms with E-state index in [9.17, 15) is 13.6 Å². The number of carbonyl (C=O) groups is 1. The number of benzene rings is 2. The van der Waals surface area contributed by atoms with Gasteiger partial charge in [0.25, 0.3) is 0 Å². The number of hydrogen-bond acceptors (Lipinski definition) is 2. The Morgan fingerprint density at radius 2 is 2.04 bits per heavy atom. The molecule has 138 valence electrons. The van der Waals surface area contributed by atoms with Crippen LogP contribution in [-0.4, -0.2) is 15.5 Å². The zero-order chi connectivity index (χ0) is 19.4. The van der Waals surface area contributed by atoms with E-state index in [1.807, 2.05) is 31.2 Å². The molecule has 3 aromatic rings. The third-order valence-corrected chi connectivity index (χ3v) is 4.07. The van der Waals surface area contributed by atoms with Crippen LogP contribution in [-0.2, 0) is 11.3 Å². The van der Waals surface area contributed by atoms with Crippen LogP contribution in [0.15, 0.2) is 55.0 Å². The Morgan fingerprint density at radius 1 is 1.22 bits per heavy atom. The minimum absolute atomic E-state index is 0.0126. The fraction of sp³-hybridized carbons (Fsp3) is 0.143. The van der Waals surface area contributed by atoms with Gasteiger partial charge in [-0.2, -0.15) is 0 Å². The number of nitrogens with one attached hydrogen (secondary N) is 1. The second kappa shape index (κ2) is 7.95. The van der Waals surface area contributed by atoms with E-state index in [-0.39, 0.29) is 18.0 Å². The van der Waals surface area contributed by atoms with E-state index in [1.54, 1.807) is 13.0 Å². The van der Waals surface area contributed by atoms with Crippen LogP contribution in [0.2, 0.25) is 0 Å². The van der Waals surface area contributed by atoms with Crippen molar-refractivity contribution in [1.82, 2.24) is 9.55 Å². The number of nitrogens with zero attached hydrogens (tertiary/aromatic N) is 2. The van der Waals surface area contributed by atoms with Crippen LogP contribution in [0.3, 0.4) is 0 Å². The highest BCUT2D eigenvalue weighted by Crippen LogP contribution is 2.18. The number of aryl methyl sites for hydroxylation is 2. The molecule has 0 spiro atoms. The largest absolute Gasteiger partial charge is 0.331 e. The highest BCUT2D eigenvalue weighted by Gasteiger charge is 2.12. The first-order valence-electron chi connectivity index (χ1n) is 8.43. The van der Waals surface area contributed by atoms with Crippen molar-refractivity contribution in [3.05, 3.63) is 88.9 Å². The molecule has 6 heteroatoms. The lowest BCUT2D eigenvalue weighted by atomic mass is 10.1. The summed E-state index contributed by atoms with van der Waals surface area (Å²) < 4.78 is 29.5. The number of hydrogen-bond donors (Lipinski definition) is 1. The molecule has 0 fully saturated rings. The molecule has 4 nitrogen and oxygen atoms in total. The van der Waals surface area contributed by atoms with Gasteiger partial charge >= 0.3 is 0 Å². The van der Waals surface area contributed by atoms with E-state index >= 15 is 0 Å². The van der Waals surface area contributed by atoms with Gasteiger partial charge in [0.1, 0.15) is 11.6 Å². The van der Waals surface area contributed by atoms with Gasteiger partial charge in [-0.1, -0.05) is 35.9 Å². The van der Waals surface area contributed by atoms with Crippen LogP contribution in [0.5, 0.6) is 0 Å². The molecule has 0 saturated heterocycles. The van der Waals surface area contributed by atoms with Crippen LogP contribution in [0, 0.1) is 25.5 Å².